The second kappa shape index (κ2) is 6.49. The second-order valence-corrected chi connectivity index (χ2v) is 7.52. The van der Waals surface area contributed by atoms with E-state index in [1.54, 1.807) is 0 Å². The molecular weight excluding hydrogens is 406 g/mol. The molecule has 2 aliphatic rings. The predicted octanol–water partition coefficient (Wildman–Crippen LogP) is 4.31. The van der Waals surface area contributed by atoms with Gasteiger partial charge in [0.15, 0.2) is 11.6 Å². The van der Waals surface area contributed by atoms with Crippen molar-refractivity contribution in [2.75, 3.05) is 0 Å². The number of allylic oxidation sites excluding steroid dienone is 3. The molecule has 3 heterocycles. The van der Waals surface area contributed by atoms with Crippen molar-refractivity contribution < 1.29 is 4.74 Å². The third-order valence-corrected chi connectivity index (χ3v) is 5.59. The SMILES string of the molecule is Cc1ccc2c(c1)-c1nnc(COC3=CCCC=C3)n1Cc1c(Br)ncn1-2. The van der Waals surface area contributed by atoms with E-state index in [0.717, 1.165) is 51.8 Å². The van der Waals surface area contributed by atoms with Crippen molar-refractivity contribution in [2.24, 2.45) is 0 Å². The van der Waals surface area contributed by atoms with Crippen molar-refractivity contribution in [3.8, 4) is 17.1 Å². The predicted molar refractivity (Wildman–Crippen MR) is 105 cm³/mol. The number of benzene rings is 1. The molecule has 0 fully saturated rings. The highest BCUT2D eigenvalue weighted by atomic mass is 79.9. The Morgan fingerprint density at radius 3 is 3.00 bits per heavy atom. The number of aryl methyl sites for hydroxylation is 1. The molecule has 27 heavy (non-hydrogen) atoms. The largest absolute Gasteiger partial charge is 0.486 e. The van der Waals surface area contributed by atoms with E-state index in [-0.39, 0.29) is 0 Å². The van der Waals surface area contributed by atoms with E-state index in [0.29, 0.717) is 13.2 Å². The zero-order chi connectivity index (χ0) is 18.4. The van der Waals surface area contributed by atoms with Gasteiger partial charge in [0.1, 0.15) is 23.3 Å². The minimum atomic E-state index is 0.385. The minimum absolute atomic E-state index is 0.385. The van der Waals surface area contributed by atoms with Gasteiger partial charge in [-0.25, -0.2) is 4.98 Å². The first-order chi connectivity index (χ1) is 13.2. The molecule has 136 valence electrons. The summed E-state index contributed by atoms with van der Waals surface area (Å²) in [4.78, 5) is 4.44. The number of imidazole rings is 1. The zero-order valence-corrected chi connectivity index (χ0v) is 16.5. The molecule has 0 radical (unpaired) electrons. The molecule has 2 aromatic heterocycles. The van der Waals surface area contributed by atoms with Crippen LogP contribution in [0.25, 0.3) is 17.1 Å². The Morgan fingerprint density at radius 1 is 1.22 bits per heavy atom. The van der Waals surface area contributed by atoms with Crippen LogP contribution >= 0.6 is 15.9 Å². The molecule has 1 aliphatic heterocycles. The van der Waals surface area contributed by atoms with Gasteiger partial charge in [-0.1, -0.05) is 17.7 Å². The Balaban J connectivity index is 1.59. The Labute approximate surface area is 165 Å². The maximum Gasteiger partial charge on any atom is 0.171 e. The molecule has 0 bridgehead atoms. The lowest BCUT2D eigenvalue weighted by Crippen LogP contribution is -2.09. The van der Waals surface area contributed by atoms with Gasteiger partial charge < -0.3 is 9.30 Å². The summed E-state index contributed by atoms with van der Waals surface area (Å²) in [5, 5.41) is 8.93. The van der Waals surface area contributed by atoms with Gasteiger partial charge in [0.25, 0.3) is 0 Å². The summed E-state index contributed by atoms with van der Waals surface area (Å²) < 4.78 is 11.0. The molecule has 0 atom stereocenters. The summed E-state index contributed by atoms with van der Waals surface area (Å²) in [6.45, 7) is 3.10. The Hall–Kier alpha value is -2.67. The van der Waals surface area contributed by atoms with Gasteiger partial charge in [0.2, 0.25) is 0 Å². The fraction of sp³-hybridized carbons (Fsp3) is 0.250. The molecule has 1 aromatic carbocycles. The van der Waals surface area contributed by atoms with E-state index >= 15 is 0 Å². The molecule has 7 heteroatoms. The number of halogens is 1. The highest BCUT2D eigenvalue weighted by Gasteiger charge is 2.25. The first-order valence-corrected chi connectivity index (χ1v) is 9.74. The molecule has 6 nitrogen and oxygen atoms in total. The molecule has 0 unspecified atom stereocenters. The van der Waals surface area contributed by atoms with E-state index in [1.165, 1.54) is 5.56 Å². The molecule has 3 aromatic rings. The molecule has 0 saturated carbocycles. The fourth-order valence-corrected chi connectivity index (χ4v) is 3.95. The number of hydrogen-bond acceptors (Lipinski definition) is 4. The maximum atomic E-state index is 5.96. The number of hydrogen-bond donors (Lipinski definition) is 0. The standard InChI is InChI=1S/C20H18BrN5O/c1-13-7-8-16-15(9-13)20-24-23-18(11-27-14-5-3-2-4-6-14)25(20)10-17-19(21)22-12-26(16)17/h3,5-9,12H,2,4,10-11H2,1H3. The maximum absolute atomic E-state index is 5.96. The van der Waals surface area contributed by atoms with E-state index < -0.39 is 0 Å². The number of aromatic nitrogens is 5. The Bertz CT molecular complexity index is 1090. The van der Waals surface area contributed by atoms with Crippen LogP contribution in [0.5, 0.6) is 0 Å². The smallest absolute Gasteiger partial charge is 0.171 e. The normalized spacial score (nSPS) is 14.8. The molecule has 1 aliphatic carbocycles. The van der Waals surface area contributed by atoms with E-state index in [4.69, 9.17) is 4.74 Å². The quantitative estimate of drug-likeness (QED) is 0.492. The summed E-state index contributed by atoms with van der Waals surface area (Å²) in [6, 6.07) is 6.37. The number of nitrogens with zero attached hydrogens (tertiary/aromatic N) is 5. The lowest BCUT2D eigenvalue weighted by molar-refractivity contribution is 0.197. The van der Waals surface area contributed by atoms with E-state index in [1.807, 2.05) is 12.4 Å². The van der Waals surface area contributed by atoms with Crippen LogP contribution in [-0.4, -0.2) is 24.3 Å². The van der Waals surface area contributed by atoms with Crippen LogP contribution in [0.1, 0.15) is 29.9 Å². The molecule has 0 spiro atoms. The minimum Gasteiger partial charge on any atom is -0.486 e. The highest BCUT2D eigenvalue weighted by molar-refractivity contribution is 9.10. The summed E-state index contributed by atoms with van der Waals surface area (Å²) in [7, 11) is 0. The molecule has 0 amide bonds. The van der Waals surface area contributed by atoms with Gasteiger partial charge in [-0.3, -0.25) is 4.57 Å². The van der Waals surface area contributed by atoms with Crippen LogP contribution in [0, 0.1) is 6.92 Å². The third kappa shape index (κ3) is 2.82. The average Bonchev–Trinajstić information content (AvgIpc) is 3.22. The zero-order valence-electron chi connectivity index (χ0n) is 14.9. The number of ether oxygens (including phenoxy) is 1. The van der Waals surface area contributed by atoms with Crippen molar-refractivity contribution >= 4 is 15.9 Å². The van der Waals surface area contributed by atoms with E-state index in [9.17, 15) is 0 Å². The van der Waals surface area contributed by atoms with Crippen LogP contribution < -0.4 is 0 Å². The van der Waals surface area contributed by atoms with Crippen molar-refractivity contribution in [1.29, 1.82) is 0 Å². The van der Waals surface area contributed by atoms with Gasteiger partial charge in [-0.05, 0) is 60.0 Å². The monoisotopic (exact) mass is 423 g/mol. The average molecular weight is 424 g/mol. The van der Waals surface area contributed by atoms with Crippen LogP contribution in [0.15, 0.2) is 53.1 Å². The lowest BCUT2D eigenvalue weighted by atomic mass is 10.1. The Morgan fingerprint density at radius 2 is 2.15 bits per heavy atom. The highest BCUT2D eigenvalue weighted by Crippen LogP contribution is 2.34. The summed E-state index contributed by atoms with van der Waals surface area (Å²) in [5.74, 6) is 2.56. The van der Waals surface area contributed by atoms with Gasteiger partial charge in [0, 0.05) is 5.56 Å². The first-order valence-electron chi connectivity index (χ1n) is 8.95. The third-order valence-electron chi connectivity index (χ3n) is 4.93. The summed E-state index contributed by atoms with van der Waals surface area (Å²) in [5.41, 5.74) is 4.36. The lowest BCUT2D eigenvalue weighted by Gasteiger charge is -2.11. The van der Waals surface area contributed by atoms with Crippen molar-refractivity contribution in [3.63, 3.8) is 0 Å². The summed E-state index contributed by atoms with van der Waals surface area (Å²) >= 11 is 3.58. The van der Waals surface area contributed by atoms with Crippen LogP contribution in [0.2, 0.25) is 0 Å². The summed E-state index contributed by atoms with van der Waals surface area (Å²) in [6.07, 6.45) is 10.2. The first kappa shape index (κ1) is 16.5. The molecule has 0 N–H and O–H groups in total. The van der Waals surface area contributed by atoms with Crippen LogP contribution in [0.4, 0.5) is 0 Å². The van der Waals surface area contributed by atoms with Gasteiger partial charge in [-0.2, -0.15) is 0 Å². The topological polar surface area (TPSA) is 57.8 Å². The van der Waals surface area contributed by atoms with Crippen molar-refractivity contribution in [3.05, 3.63) is 70.2 Å². The Kier molecular flexibility index (Phi) is 3.97. The van der Waals surface area contributed by atoms with E-state index in [2.05, 4.69) is 77.5 Å². The fourth-order valence-electron chi connectivity index (χ4n) is 3.54. The van der Waals surface area contributed by atoms with Crippen molar-refractivity contribution in [2.45, 2.75) is 32.9 Å². The van der Waals surface area contributed by atoms with Gasteiger partial charge >= 0.3 is 0 Å². The van der Waals surface area contributed by atoms with Gasteiger partial charge in [0.05, 0.1) is 17.9 Å². The molecule has 5 rings (SSSR count). The molecule has 0 saturated heterocycles. The second-order valence-electron chi connectivity index (χ2n) is 6.77. The van der Waals surface area contributed by atoms with Gasteiger partial charge in [-0.15, -0.1) is 10.2 Å². The van der Waals surface area contributed by atoms with Crippen LogP contribution in [-0.2, 0) is 17.9 Å². The number of rotatable bonds is 3. The molecular formula is C20H18BrN5O. The van der Waals surface area contributed by atoms with Crippen LogP contribution in [0.3, 0.4) is 0 Å². The number of fused-ring (bicyclic) bond motifs is 5. The van der Waals surface area contributed by atoms with Crippen molar-refractivity contribution in [1.82, 2.24) is 24.3 Å².